The van der Waals surface area contributed by atoms with Crippen LogP contribution in [0.4, 0.5) is 0 Å². The lowest BCUT2D eigenvalue weighted by atomic mass is 9.70. The lowest BCUT2D eigenvalue weighted by molar-refractivity contribution is -0.161. The van der Waals surface area contributed by atoms with Gasteiger partial charge in [-0.25, -0.2) is 0 Å². The van der Waals surface area contributed by atoms with Gasteiger partial charge in [-0.15, -0.1) is 0 Å². The summed E-state index contributed by atoms with van der Waals surface area (Å²) in [6.07, 6.45) is 13.8. The van der Waals surface area contributed by atoms with Crippen LogP contribution in [0.25, 0.3) is 0 Å². The quantitative estimate of drug-likeness (QED) is 0.775. The van der Waals surface area contributed by atoms with Gasteiger partial charge < -0.3 is 9.84 Å². The molecule has 3 unspecified atom stereocenters. The van der Waals surface area contributed by atoms with E-state index in [1.807, 2.05) is 0 Å². The number of hydrogen-bond acceptors (Lipinski definition) is 3. The minimum Gasteiger partial charge on any atom is -0.462 e. The Morgan fingerprint density at radius 2 is 1.58 bits per heavy atom. The van der Waals surface area contributed by atoms with Crippen LogP contribution in [-0.2, 0) is 9.53 Å². The minimum atomic E-state index is -0.0596. The molecule has 4 saturated carbocycles. The van der Waals surface area contributed by atoms with Crippen molar-refractivity contribution >= 4 is 5.97 Å². The van der Waals surface area contributed by atoms with Crippen molar-refractivity contribution in [2.45, 2.75) is 96.2 Å². The lowest BCUT2D eigenvalue weighted by Gasteiger charge is -2.37. The molecule has 0 aromatic heterocycles. The predicted molar refractivity (Wildman–Crippen MR) is 93.4 cm³/mol. The first kappa shape index (κ1) is 16.9. The van der Waals surface area contributed by atoms with E-state index in [-0.39, 0.29) is 29.5 Å². The van der Waals surface area contributed by atoms with Crippen LogP contribution in [0.2, 0.25) is 0 Å². The molecule has 0 radical (unpaired) electrons. The molecule has 0 spiro atoms. The molecular formula is C21H34O3. The summed E-state index contributed by atoms with van der Waals surface area (Å²) in [5.74, 6) is 2.63. The van der Waals surface area contributed by atoms with Crippen LogP contribution in [-0.4, -0.2) is 23.3 Å². The van der Waals surface area contributed by atoms with Gasteiger partial charge in [0.2, 0.25) is 0 Å². The van der Waals surface area contributed by atoms with E-state index in [0.29, 0.717) is 0 Å². The summed E-state index contributed by atoms with van der Waals surface area (Å²) in [5.41, 5.74) is 0.278. The van der Waals surface area contributed by atoms with Crippen LogP contribution in [0.15, 0.2) is 0 Å². The number of aliphatic hydroxyl groups is 1. The molecule has 1 N–H and O–H groups in total. The van der Waals surface area contributed by atoms with E-state index in [1.165, 1.54) is 44.9 Å². The molecule has 0 saturated heterocycles. The van der Waals surface area contributed by atoms with E-state index in [9.17, 15) is 9.90 Å². The molecule has 4 aliphatic rings. The van der Waals surface area contributed by atoms with Gasteiger partial charge in [0, 0.05) is 5.41 Å². The van der Waals surface area contributed by atoms with Crippen molar-refractivity contribution in [3.8, 4) is 0 Å². The molecule has 24 heavy (non-hydrogen) atoms. The standard InChI is InChI=1S/C21H34O3/c1-21-11-10-14(13-21)12-19(21)24-20(23)17-4-2-15(3-5-17)16-6-8-18(22)9-7-16/h14-19,22H,2-13H2,1H3. The van der Waals surface area contributed by atoms with Gasteiger partial charge in [0.1, 0.15) is 6.10 Å². The van der Waals surface area contributed by atoms with E-state index in [1.54, 1.807) is 0 Å². The highest BCUT2D eigenvalue weighted by Crippen LogP contribution is 2.55. The maximum absolute atomic E-state index is 12.6. The summed E-state index contributed by atoms with van der Waals surface area (Å²) in [6.45, 7) is 2.33. The average Bonchev–Trinajstić information content (AvgIpc) is 3.11. The van der Waals surface area contributed by atoms with E-state index in [2.05, 4.69) is 6.92 Å². The molecule has 4 aliphatic carbocycles. The number of fused-ring (bicyclic) bond motifs is 2. The Morgan fingerprint density at radius 1 is 0.958 bits per heavy atom. The molecule has 3 nitrogen and oxygen atoms in total. The Balaban J connectivity index is 1.25. The van der Waals surface area contributed by atoms with Crippen molar-refractivity contribution in [2.24, 2.45) is 29.1 Å². The second-order valence-corrected chi connectivity index (χ2v) is 9.60. The Hall–Kier alpha value is -0.570. The normalized spacial score (nSPS) is 48.4. The molecule has 4 fully saturated rings. The average molecular weight is 335 g/mol. The van der Waals surface area contributed by atoms with Crippen LogP contribution >= 0.6 is 0 Å². The molecule has 2 bridgehead atoms. The van der Waals surface area contributed by atoms with Gasteiger partial charge in [0.15, 0.2) is 0 Å². The highest BCUT2D eigenvalue weighted by molar-refractivity contribution is 5.72. The Kier molecular flexibility index (Phi) is 4.66. The van der Waals surface area contributed by atoms with Gasteiger partial charge in [-0.05, 0) is 94.8 Å². The van der Waals surface area contributed by atoms with Crippen LogP contribution in [0.5, 0.6) is 0 Å². The number of esters is 1. The highest BCUT2D eigenvalue weighted by Gasteiger charge is 2.51. The van der Waals surface area contributed by atoms with E-state index >= 15 is 0 Å². The van der Waals surface area contributed by atoms with Crippen molar-refractivity contribution in [3.05, 3.63) is 0 Å². The second kappa shape index (κ2) is 6.63. The third-order valence-electron chi connectivity index (χ3n) is 7.98. The van der Waals surface area contributed by atoms with Crippen molar-refractivity contribution < 1.29 is 14.6 Å². The number of rotatable bonds is 3. The summed E-state index contributed by atoms with van der Waals surface area (Å²) in [4.78, 5) is 12.6. The van der Waals surface area contributed by atoms with Gasteiger partial charge in [-0.3, -0.25) is 4.79 Å². The number of hydrogen-bond donors (Lipinski definition) is 1. The smallest absolute Gasteiger partial charge is 0.309 e. The highest BCUT2D eigenvalue weighted by atomic mass is 16.5. The van der Waals surface area contributed by atoms with Gasteiger partial charge in [-0.1, -0.05) is 6.92 Å². The van der Waals surface area contributed by atoms with E-state index < -0.39 is 0 Å². The van der Waals surface area contributed by atoms with E-state index in [0.717, 1.165) is 49.9 Å². The lowest BCUT2D eigenvalue weighted by Crippen LogP contribution is -2.36. The number of ether oxygens (including phenoxy) is 1. The molecule has 4 rings (SSSR count). The fourth-order valence-corrected chi connectivity index (χ4v) is 6.30. The predicted octanol–water partition coefficient (Wildman–Crippen LogP) is 4.47. The first-order chi connectivity index (χ1) is 11.5. The zero-order valence-corrected chi connectivity index (χ0v) is 15.2. The zero-order valence-electron chi connectivity index (χ0n) is 15.2. The third-order valence-corrected chi connectivity index (χ3v) is 7.98. The fraction of sp³-hybridized carbons (Fsp3) is 0.952. The largest absolute Gasteiger partial charge is 0.462 e. The van der Waals surface area contributed by atoms with E-state index in [4.69, 9.17) is 4.74 Å². The van der Waals surface area contributed by atoms with Crippen LogP contribution < -0.4 is 0 Å². The Labute approximate surface area is 146 Å². The molecule has 0 amide bonds. The molecule has 3 heteroatoms. The third kappa shape index (κ3) is 3.25. The molecule has 0 aliphatic heterocycles. The molecule has 0 heterocycles. The summed E-state index contributed by atoms with van der Waals surface area (Å²) in [6, 6.07) is 0. The fourth-order valence-electron chi connectivity index (χ4n) is 6.30. The van der Waals surface area contributed by atoms with Crippen molar-refractivity contribution in [3.63, 3.8) is 0 Å². The summed E-state index contributed by atoms with van der Waals surface area (Å²) in [7, 11) is 0. The number of aliphatic hydroxyl groups excluding tert-OH is 1. The molecular weight excluding hydrogens is 300 g/mol. The van der Waals surface area contributed by atoms with Crippen molar-refractivity contribution in [1.82, 2.24) is 0 Å². The monoisotopic (exact) mass is 334 g/mol. The van der Waals surface area contributed by atoms with Gasteiger partial charge >= 0.3 is 5.97 Å². The molecule has 0 aromatic carbocycles. The van der Waals surface area contributed by atoms with Gasteiger partial charge in [-0.2, -0.15) is 0 Å². The van der Waals surface area contributed by atoms with Crippen LogP contribution in [0.1, 0.15) is 84.0 Å². The molecule has 3 atom stereocenters. The zero-order chi connectivity index (χ0) is 16.7. The first-order valence-corrected chi connectivity index (χ1v) is 10.4. The summed E-state index contributed by atoms with van der Waals surface area (Å²) in [5, 5.41) is 9.68. The second-order valence-electron chi connectivity index (χ2n) is 9.60. The summed E-state index contributed by atoms with van der Waals surface area (Å²) < 4.78 is 6.01. The van der Waals surface area contributed by atoms with Crippen LogP contribution in [0.3, 0.4) is 0 Å². The maximum atomic E-state index is 12.6. The van der Waals surface area contributed by atoms with Crippen molar-refractivity contribution in [1.29, 1.82) is 0 Å². The summed E-state index contributed by atoms with van der Waals surface area (Å²) >= 11 is 0. The minimum absolute atomic E-state index is 0.0596. The number of carbonyl (C=O) groups is 1. The molecule has 136 valence electrons. The Morgan fingerprint density at radius 3 is 2.12 bits per heavy atom. The van der Waals surface area contributed by atoms with Gasteiger partial charge in [0.05, 0.1) is 12.0 Å². The van der Waals surface area contributed by atoms with Gasteiger partial charge in [0.25, 0.3) is 0 Å². The topological polar surface area (TPSA) is 46.5 Å². The Bertz CT molecular complexity index is 460. The SMILES string of the molecule is CC12CCC(CC1OC(=O)C1CCC(C3CCC(O)CC3)CC1)C2. The maximum Gasteiger partial charge on any atom is 0.309 e. The van der Waals surface area contributed by atoms with Crippen molar-refractivity contribution in [2.75, 3.05) is 0 Å². The van der Waals surface area contributed by atoms with Crippen LogP contribution in [0, 0.1) is 29.1 Å². The number of carbonyl (C=O) groups excluding carboxylic acids is 1. The first-order valence-electron chi connectivity index (χ1n) is 10.4. The molecule has 0 aromatic rings.